The van der Waals surface area contributed by atoms with Crippen molar-refractivity contribution in [2.24, 2.45) is 5.73 Å². The normalized spacial score (nSPS) is 10.3. The van der Waals surface area contributed by atoms with Crippen LogP contribution in [0.1, 0.15) is 5.69 Å². The summed E-state index contributed by atoms with van der Waals surface area (Å²) in [6.45, 7) is 0.237. The van der Waals surface area contributed by atoms with E-state index in [1.165, 1.54) is 6.20 Å². The van der Waals surface area contributed by atoms with Crippen LogP contribution in [0, 0.1) is 0 Å². The van der Waals surface area contributed by atoms with Crippen LogP contribution in [0.3, 0.4) is 0 Å². The molecule has 0 radical (unpaired) electrons. The largest absolute Gasteiger partial charge is 0.436 e. The molecule has 0 saturated carbocycles. The maximum Gasteiger partial charge on any atom is 0.242 e. The van der Waals surface area contributed by atoms with E-state index in [0.29, 0.717) is 27.4 Å². The van der Waals surface area contributed by atoms with Crippen LogP contribution >= 0.6 is 23.2 Å². The molecule has 0 aliphatic heterocycles. The first kappa shape index (κ1) is 12.1. The van der Waals surface area contributed by atoms with E-state index in [1.54, 1.807) is 24.4 Å². The molecule has 1 aromatic heterocycles. The lowest BCUT2D eigenvalue weighted by molar-refractivity contribution is 0.452. The Balaban J connectivity index is 2.35. The van der Waals surface area contributed by atoms with Crippen LogP contribution in [-0.2, 0) is 6.54 Å². The van der Waals surface area contributed by atoms with E-state index in [0.717, 1.165) is 0 Å². The molecular formula is C11H9Cl2N3O. The smallest absolute Gasteiger partial charge is 0.242 e. The summed E-state index contributed by atoms with van der Waals surface area (Å²) in [5.41, 5.74) is 6.09. The van der Waals surface area contributed by atoms with Crippen LogP contribution in [-0.4, -0.2) is 9.97 Å². The molecule has 0 atom stereocenters. The molecule has 0 bridgehead atoms. The molecule has 0 spiro atoms. The number of hydrogen-bond acceptors (Lipinski definition) is 4. The Morgan fingerprint density at radius 3 is 2.71 bits per heavy atom. The Labute approximate surface area is 108 Å². The molecule has 17 heavy (non-hydrogen) atoms. The molecule has 1 heterocycles. The Bertz CT molecular complexity index is 534. The summed E-state index contributed by atoms with van der Waals surface area (Å²) in [7, 11) is 0. The van der Waals surface area contributed by atoms with E-state index in [1.807, 2.05) is 0 Å². The first-order chi connectivity index (χ1) is 8.22. The number of nitrogens with two attached hydrogens (primary N) is 1. The molecule has 4 nitrogen and oxygen atoms in total. The van der Waals surface area contributed by atoms with Crippen molar-refractivity contribution in [1.29, 1.82) is 0 Å². The second-order valence-corrected chi connectivity index (χ2v) is 3.95. The van der Waals surface area contributed by atoms with Gasteiger partial charge in [-0.3, -0.25) is 4.98 Å². The summed E-state index contributed by atoms with van der Waals surface area (Å²) in [6, 6.07) is 5.11. The van der Waals surface area contributed by atoms with Crippen molar-refractivity contribution in [2.45, 2.75) is 6.54 Å². The first-order valence-corrected chi connectivity index (χ1v) is 5.59. The predicted octanol–water partition coefficient (Wildman–Crippen LogP) is 3.03. The average Bonchev–Trinajstić information content (AvgIpc) is 2.35. The third kappa shape index (κ3) is 2.66. The van der Waals surface area contributed by atoms with Crippen LogP contribution in [0.25, 0.3) is 0 Å². The average molecular weight is 270 g/mol. The highest BCUT2D eigenvalue weighted by Crippen LogP contribution is 2.34. The minimum absolute atomic E-state index is 0.237. The van der Waals surface area contributed by atoms with Gasteiger partial charge in [-0.15, -0.1) is 0 Å². The lowest BCUT2D eigenvalue weighted by atomic mass is 10.3. The number of ether oxygens (including phenoxy) is 1. The topological polar surface area (TPSA) is 61.0 Å². The number of hydrogen-bond donors (Lipinski definition) is 1. The Morgan fingerprint density at radius 1 is 1.18 bits per heavy atom. The summed E-state index contributed by atoms with van der Waals surface area (Å²) in [5, 5.41) is 0.755. The third-order valence-corrected chi connectivity index (χ3v) is 2.85. The number of rotatable bonds is 3. The molecule has 2 rings (SSSR count). The van der Waals surface area contributed by atoms with E-state index in [4.69, 9.17) is 33.7 Å². The summed E-state index contributed by atoms with van der Waals surface area (Å²) in [4.78, 5) is 8.11. The van der Waals surface area contributed by atoms with Crippen molar-refractivity contribution < 1.29 is 4.74 Å². The van der Waals surface area contributed by atoms with Gasteiger partial charge in [0.2, 0.25) is 5.88 Å². The van der Waals surface area contributed by atoms with E-state index in [-0.39, 0.29) is 6.54 Å². The Kier molecular flexibility index (Phi) is 3.78. The number of aromatic nitrogens is 2. The Hall–Kier alpha value is -1.36. The molecule has 0 aliphatic carbocycles. The maximum atomic E-state index is 6.00. The van der Waals surface area contributed by atoms with Crippen molar-refractivity contribution in [3.05, 3.63) is 46.3 Å². The molecule has 2 aromatic rings. The zero-order valence-corrected chi connectivity index (χ0v) is 10.2. The zero-order chi connectivity index (χ0) is 12.3. The van der Waals surface area contributed by atoms with Crippen LogP contribution in [0.15, 0.2) is 30.6 Å². The lowest BCUT2D eigenvalue weighted by Gasteiger charge is -2.09. The van der Waals surface area contributed by atoms with Crippen molar-refractivity contribution in [3.63, 3.8) is 0 Å². The highest BCUT2D eigenvalue weighted by molar-refractivity contribution is 6.42. The van der Waals surface area contributed by atoms with Crippen LogP contribution < -0.4 is 10.5 Å². The monoisotopic (exact) mass is 269 g/mol. The number of nitrogens with zero attached hydrogens (tertiary/aromatic N) is 2. The van der Waals surface area contributed by atoms with Gasteiger partial charge in [0.25, 0.3) is 0 Å². The SMILES string of the molecule is NCc1nccnc1Oc1cccc(Cl)c1Cl. The van der Waals surface area contributed by atoms with Gasteiger partial charge in [-0.1, -0.05) is 29.3 Å². The highest BCUT2D eigenvalue weighted by atomic mass is 35.5. The van der Waals surface area contributed by atoms with Crippen LogP contribution in [0.5, 0.6) is 11.6 Å². The quantitative estimate of drug-likeness (QED) is 0.931. The van der Waals surface area contributed by atoms with Gasteiger partial charge in [-0.25, -0.2) is 4.98 Å². The van der Waals surface area contributed by atoms with Gasteiger partial charge >= 0.3 is 0 Å². The molecule has 2 N–H and O–H groups in total. The molecule has 1 aromatic carbocycles. The van der Waals surface area contributed by atoms with Crippen molar-refractivity contribution in [1.82, 2.24) is 9.97 Å². The van der Waals surface area contributed by atoms with Gasteiger partial charge < -0.3 is 10.5 Å². The lowest BCUT2D eigenvalue weighted by Crippen LogP contribution is -2.03. The van der Waals surface area contributed by atoms with Gasteiger partial charge in [0, 0.05) is 18.9 Å². The van der Waals surface area contributed by atoms with E-state index in [2.05, 4.69) is 9.97 Å². The molecule has 6 heteroatoms. The van der Waals surface area contributed by atoms with Gasteiger partial charge in [0.05, 0.1) is 5.02 Å². The van der Waals surface area contributed by atoms with E-state index >= 15 is 0 Å². The molecule has 0 unspecified atom stereocenters. The first-order valence-electron chi connectivity index (χ1n) is 4.84. The molecule has 0 fully saturated rings. The summed E-state index contributed by atoms with van der Waals surface area (Å²) >= 11 is 11.9. The fraction of sp³-hybridized carbons (Fsp3) is 0.0909. The van der Waals surface area contributed by atoms with Crippen molar-refractivity contribution >= 4 is 23.2 Å². The third-order valence-electron chi connectivity index (χ3n) is 2.05. The second-order valence-electron chi connectivity index (χ2n) is 3.17. The van der Waals surface area contributed by atoms with Gasteiger partial charge in [0.15, 0.2) is 0 Å². The van der Waals surface area contributed by atoms with Crippen molar-refractivity contribution in [3.8, 4) is 11.6 Å². The minimum atomic E-state index is 0.237. The van der Waals surface area contributed by atoms with Gasteiger partial charge in [0.1, 0.15) is 16.5 Å². The summed E-state index contributed by atoms with van der Waals surface area (Å²) in [6.07, 6.45) is 3.07. The number of benzene rings is 1. The standard InChI is InChI=1S/C11H9Cl2N3O/c12-7-2-1-3-9(10(7)13)17-11-8(6-14)15-4-5-16-11/h1-5H,6,14H2. The van der Waals surface area contributed by atoms with E-state index in [9.17, 15) is 0 Å². The van der Waals surface area contributed by atoms with Gasteiger partial charge in [-0.2, -0.15) is 0 Å². The maximum absolute atomic E-state index is 6.00. The fourth-order valence-electron chi connectivity index (χ4n) is 1.25. The molecular weight excluding hydrogens is 261 g/mol. The molecule has 88 valence electrons. The zero-order valence-electron chi connectivity index (χ0n) is 8.73. The summed E-state index contributed by atoms with van der Waals surface area (Å²) < 4.78 is 5.54. The van der Waals surface area contributed by atoms with Gasteiger partial charge in [-0.05, 0) is 12.1 Å². The Morgan fingerprint density at radius 2 is 1.94 bits per heavy atom. The highest BCUT2D eigenvalue weighted by Gasteiger charge is 2.10. The second kappa shape index (κ2) is 5.31. The van der Waals surface area contributed by atoms with Crippen LogP contribution in [0.4, 0.5) is 0 Å². The molecule has 0 aliphatic rings. The number of halogens is 2. The predicted molar refractivity (Wildman–Crippen MR) is 66.5 cm³/mol. The summed E-state index contributed by atoms with van der Waals surface area (Å²) in [5.74, 6) is 0.758. The van der Waals surface area contributed by atoms with E-state index < -0.39 is 0 Å². The fourth-order valence-corrected chi connectivity index (χ4v) is 1.58. The van der Waals surface area contributed by atoms with Crippen molar-refractivity contribution in [2.75, 3.05) is 0 Å². The minimum Gasteiger partial charge on any atom is -0.436 e. The molecule has 0 amide bonds. The van der Waals surface area contributed by atoms with Crippen LogP contribution in [0.2, 0.25) is 10.0 Å². The molecule has 0 saturated heterocycles.